The molecule has 0 radical (unpaired) electrons. The molecular formula is C15H13ClN2O7S. The second kappa shape index (κ2) is 7.58. The Morgan fingerprint density at radius 3 is 2.50 bits per heavy atom. The van der Waals surface area contributed by atoms with E-state index in [1.54, 1.807) is 0 Å². The Morgan fingerprint density at radius 1 is 1.23 bits per heavy atom. The van der Waals surface area contributed by atoms with Crippen molar-refractivity contribution in [1.82, 2.24) is 0 Å². The van der Waals surface area contributed by atoms with E-state index in [0.717, 1.165) is 6.07 Å². The van der Waals surface area contributed by atoms with Gasteiger partial charge in [0.1, 0.15) is 11.3 Å². The van der Waals surface area contributed by atoms with Crippen molar-refractivity contribution < 1.29 is 27.6 Å². The molecular weight excluding hydrogens is 388 g/mol. The van der Waals surface area contributed by atoms with Crippen molar-refractivity contribution in [3.8, 4) is 5.75 Å². The standard InChI is InChI=1S/C15H13ClN2O7S/c1-24-14-8-13(12(16)7-11(14)15(19)25-2)17-26(22,23)10-5-3-4-9(6-10)18(20)21/h3-8,17H,1-2H3. The van der Waals surface area contributed by atoms with Crippen LogP contribution >= 0.6 is 11.6 Å². The van der Waals surface area contributed by atoms with Crippen molar-refractivity contribution in [2.75, 3.05) is 18.9 Å². The van der Waals surface area contributed by atoms with Crippen molar-refractivity contribution in [3.05, 3.63) is 57.1 Å². The van der Waals surface area contributed by atoms with Crippen molar-refractivity contribution >= 4 is 39.0 Å². The lowest BCUT2D eigenvalue weighted by Gasteiger charge is -2.13. The molecule has 138 valence electrons. The minimum absolute atomic E-state index is 0.0123. The fraction of sp³-hybridized carbons (Fsp3) is 0.133. The van der Waals surface area contributed by atoms with Crippen LogP contribution in [0.15, 0.2) is 41.3 Å². The van der Waals surface area contributed by atoms with Gasteiger partial charge in [0.25, 0.3) is 15.7 Å². The second-order valence-electron chi connectivity index (χ2n) is 4.88. The zero-order valence-electron chi connectivity index (χ0n) is 13.6. The molecule has 0 fully saturated rings. The molecule has 0 spiro atoms. The van der Waals surface area contributed by atoms with E-state index in [1.165, 1.54) is 44.6 Å². The van der Waals surface area contributed by atoms with Crippen LogP contribution in [-0.4, -0.2) is 33.5 Å². The molecule has 11 heteroatoms. The first kappa shape index (κ1) is 19.5. The summed E-state index contributed by atoms with van der Waals surface area (Å²) in [4.78, 5) is 21.5. The summed E-state index contributed by atoms with van der Waals surface area (Å²) in [6.45, 7) is 0. The van der Waals surface area contributed by atoms with Gasteiger partial charge in [0.2, 0.25) is 0 Å². The van der Waals surface area contributed by atoms with E-state index in [1.807, 2.05) is 0 Å². The highest BCUT2D eigenvalue weighted by molar-refractivity contribution is 7.92. The third kappa shape index (κ3) is 4.03. The van der Waals surface area contributed by atoms with Crippen LogP contribution in [0.25, 0.3) is 0 Å². The van der Waals surface area contributed by atoms with Crippen molar-refractivity contribution in [2.45, 2.75) is 4.90 Å². The molecule has 0 aliphatic carbocycles. The Morgan fingerprint density at radius 2 is 1.92 bits per heavy atom. The van der Waals surface area contributed by atoms with E-state index in [2.05, 4.69) is 9.46 Å². The molecule has 0 unspecified atom stereocenters. The fourth-order valence-electron chi connectivity index (χ4n) is 2.04. The minimum Gasteiger partial charge on any atom is -0.496 e. The van der Waals surface area contributed by atoms with Crippen molar-refractivity contribution in [1.29, 1.82) is 0 Å². The molecule has 0 saturated heterocycles. The summed E-state index contributed by atoms with van der Waals surface area (Å²) in [6, 6.07) is 6.93. The number of benzene rings is 2. The first-order valence-corrected chi connectivity index (χ1v) is 8.79. The zero-order chi connectivity index (χ0) is 19.5. The summed E-state index contributed by atoms with van der Waals surface area (Å²) in [7, 11) is -1.70. The average Bonchev–Trinajstić information content (AvgIpc) is 2.62. The van der Waals surface area contributed by atoms with Crippen molar-refractivity contribution in [2.24, 2.45) is 0 Å². The SMILES string of the molecule is COC(=O)c1cc(Cl)c(NS(=O)(=O)c2cccc([N+](=O)[O-])c2)cc1OC. The monoisotopic (exact) mass is 400 g/mol. The van der Waals surface area contributed by atoms with Crippen LogP contribution in [0.4, 0.5) is 11.4 Å². The number of nitrogens with zero attached hydrogens (tertiary/aromatic N) is 1. The number of carbonyl (C=O) groups excluding carboxylic acids is 1. The van der Waals surface area contributed by atoms with Gasteiger partial charge < -0.3 is 9.47 Å². The number of nitro benzene ring substituents is 1. The van der Waals surface area contributed by atoms with Crippen LogP contribution < -0.4 is 9.46 Å². The molecule has 2 rings (SSSR count). The molecule has 0 bridgehead atoms. The molecule has 0 atom stereocenters. The lowest BCUT2D eigenvalue weighted by Crippen LogP contribution is -2.14. The number of anilines is 1. The highest BCUT2D eigenvalue weighted by Crippen LogP contribution is 2.33. The van der Waals surface area contributed by atoms with Crippen LogP contribution in [0, 0.1) is 10.1 Å². The summed E-state index contributed by atoms with van der Waals surface area (Å²) in [6.07, 6.45) is 0. The van der Waals surface area contributed by atoms with Crippen LogP contribution in [0.5, 0.6) is 5.75 Å². The Bertz CT molecular complexity index is 976. The maximum Gasteiger partial charge on any atom is 0.341 e. The molecule has 0 aromatic heterocycles. The Hall–Kier alpha value is -2.85. The maximum atomic E-state index is 12.5. The Balaban J connectivity index is 2.45. The maximum absolute atomic E-state index is 12.5. The summed E-state index contributed by atoms with van der Waals surface area (Å²) in [5.41, 5.74) is -0.432. The van der Waals surface area contributed by atoms with Crippen LogP contribution in [0.3, 0.4) is 0 Å². The molecule has 0 saturated carbocycles. The van der Waals surface area contributed by atoms with Gasteiger partial charge in [-0.05, 0) is 12.1 Å². The summed E-state index contributed by atoms with van der Waals surface area (Å²) in [5, 5.41) is 10.7. The van der Waals surface area contributed by atoms with E-state index in [9.17, 15) is 23.3 Å². The summed E-state index contributed by atoms with van der Waals surface area (Å²) >= 11 is 6.04. The van der Waals surface area contributed by atoms with Gasteiger partial charge in [-0.25, -0.2) is 13.2 Å². The summed E-state index contributed by atoms with van der Waals surface area (Å²) < 4.78 is 36.8. The molecule has 26 heavy (non-hydrogen) atoms. The zero-order valence-corrected chi connectivity index (χ0v) is 15.1. The number of non-ortho nitro benzene ring substituents is 1. The van der Waals surface area contributed by atoms with Crippen molar-refractivity contribution in [3.63, 3.8) is 0 Å². The van der Waals surface area contributed by atoms with E-state index < -0.39 is 20.9 Å². The van der Waals surface area contributed by atoms with Gasteiger partial charge in [-0.15, -0.1) is 0 Å². The molecule has 0 aliphatic rings. The largest absolute Gasteiger partial charge is 0.496 e. The van der Waals surface area contributed by atoms with Crippen LogP contribution in [-0.2, 0) is 14.8 Å². The number of methoxy groups -OCH3 is 2. The molecule has 0 aliphatic heterocycles. The molecule has 0 heterocycles. The average molecular weight is 401 g/mol. The number of carbonyl (C=O) groups is 1. The van der Waals surface area contributed by atoms with Gasteiger partial charge in [0.05, 0.1) is 34.7 Å². The number of halogens is 1. The molecule has 2 aromatic carbocycles. The molecule has 1 N–H and O–H groups in total. The van der Waals surface area contributed by atoms with E-state index in [0.29, 0.717) is 0 Å². The number of sulfonamides is 1. The predicted molar refractivity (Wildman–Crippen MR) is 93.2 cm³/mol. The fourth-order valence-corrected chi connectivity index (χ4v) is 3.41. The number of esters is 1. The third-order valence-electron chi connectivity index (χ3n) is 3.28. The number of ether oxygens (including phenoxy) is 2. The summed E-state index contributed by atoms with van der Waals surface area (Å²) in [5.74, 6) is -0.671. The van der Waals surface area contributed by atoms with Crippen LogP contribution in [0.2, 0.25) is 5.02 Å². The van der Waals surface area contributed by atoms with Gasteiger partial charge in [0.15, 0.2) is 0 Å². The van der Waals surface area contributed by atoms with Crippen LogP contribution in [0.1, 0.15) is 10.4 Å². The Labute approximate surface area is 153 Å². The van der Waals surface area contributed by atoms with E-state index >= 15 is 0 Å². The highest BCUT2D eigenvalue weighted by Gasteiger charge is 2.22. The first-order valence-electron chi connectivity index (χ1n) is 6.92. The minimum atomic E-state index is -4.17. The predicted octanol–water partition coefficient (Wildman–Crippen LogP) is 2.84. The lowest BCUT2D eigenvalue weighted by atomic mass is 10.2. The van der Waals surface area contributed by atoms with Gasteiger partial charge in [-0.3, -0.25) is 14.8 Å². The first-order chi connectivity index (χ1) is 12.2. The van der Waals surface area contributed by atoms with E-state index in [4.69, 9.17) is 16.3 Å². The smallest absolute Gasteiger partial charge is 0.341 e. The third-order valence-corrected chi connectivity index (χ3v) is 4.95. The molecule has 0 amide bonds. The number of nitrogens with one attached hydrogen (secondary N) is 1. The van der Waals surface area contributed by atoms with Gasteiger partial charge >= 0.3 is 5.97 Å². The number of hydrogen-bond acceptors (Lipinski definition) is 7. The number of hydrogen-bond donors (Lipinski definition) is 1. The van der Waals surface area contributed by atoms with E-state index in [-0.39, 0.29) is 32.6 Å². The number of nitro groups is 1. The van der Waals surface area contributed by atoms with Gasteiger partial charge in [-0.2, -0.15) is 0 Å². The second-order valence-corrected chi connectivity index (χ2v) is 6.97. The molecule has 2 aromatic rings. The lowest BCUT2D eigenvalue weighted by molar-refractivity contribution is -0.385. The highest BCUT2D eigenvalue weighted by atomic mass is 35.5. The normalized spacial score (nSPS) is 10.9. The Kier molecular flexibility index (Phi) is 5.68. The number of rotatable bonds is 6. The topological polar surface area (TPSA) is 125 Å². The quantitative estimate of drug-likeness (QED) is 0.449. The van der Waals surface area contributed by atoms with Gasteiger partial charge in [0, 0.05) is 18.2 Å². The molecule has 9 nitrogen and oxygen atoms in total. The van der Waals surface area contributed by atoms with Gasteiger partial charge in [-0.1, -0.05) is 17.7 Å².